The highest BCUT2D eigenvalue weighted by molar-refractivity contribution is 5.43. The summed E-state index contributed by atoms with van der Waals surface area (Å²) >= 11 is 0. The van der Waals surface area contributed by atoms with Gasteiger partial charge < -0.3 is 5.73 Å². The number of nitrogens with two attached hydrogens (primary N) is 1. The van der Waals surface area contributed by atoms with Crippen molar-refractivity contribution in [2.75, 3.05) is 0 Å². The van der Waals surface area contributed by atoms with Gasteiger partial charge in [0.15, 0.2) is 0 Å². The summed E-state index contributed by atoms with van der Waals surface area (Å²) < 4.78 is 0. The summed E-state index contributed by atoms with van der Waals surface area (Å²) in [7, 11) is 0. The number of aryl methyl sites for hydroxylation is 1. The topological polar surface area (TPSA) is 26.0 Å². The molecule has 0 aliphatic carbocycles. The Kier molecular flexibility index (Phi) is 2.53. The van der Waals surface area contributed by atoms with Crippen LogP contribution in [-0.4, -0.2) is 0 Å². The molecule has 0 aliphatic heterocycles. The summed E-state index contributed by atoms with van der Waals surface area (Å²) in [5, 5.41) is 0. The smallest absolute Gasteiger partial charge is 0.0180 e. The first-order valence-corrected chi connectivity index (χ1v) is 4.34. The van der Waals surface area contributed by atoms with Crippen molar-refractivity contribution in [3.8, 4) is 0 Å². The minimum Gasteiger partial charge on any atom is -0.326 e. The van der Waals surface area contributed by atoms with Crippen LogP contribution in [0.25, 0.3) is 0 Å². The van der Waals surface area contributed by atoms with E-state index >= 15 is 0 Å². The van der Waals surface area contributed by atoms with E-state index in [1.165, 1.54) is 27.8 Å². The first kappa shape index (κ1) is 9.27. The van der Waals surface area contributed by atoms with Crippen molar-refractivity contribution in [3.63, 3.8) is 0 Å². The van der Waals surface area contributed by atoms with Crippen LogP contribution in [0.2, 0.25) is 0 Å². The van der Waals surface area contributed by atoms with Gasteiger partial charge >= 0.3 is 0 Å². The highest BCUT2D eigenvalue weighted by atomic mass is 14.5. The predicted molar refractivity (Wildman–Crippen MR) is 53.3 cm³/mol. The second-order valence-electron chi connectivity index (χ2n) is 3.43. The molecule has 2 N–H and O–H groups in total. The van der Waals surface area contributed by atoms with Gasteiger partial charge in [0.2, 0.25) is 0 Å². The second-order valence-corrected chi connectivity index (χ2v) is 3.43. The molecule has 12 heavy (non-hydrogen) atoms. The average Bonchev–Trinajstić information content (AvgIpc) is 2.08. The quantitative estimate of drug-likeness (QED) is 0.676. The van der Waals surface area contributed by atoms with Gasteiger partial charge in [0.05, 0.1) is 0 Å². The van der Waals surface area contributed by atoms with Crippen LogP contribution in [0.4, 0.5) is 0 Å². The van der Waals surface area contributed by atoms with Crippen molar-refractivity contribution in [1.29, 1.82) is 0 Å². The molecule has 0 saturated heterocycles. The van der Waals surface area contributed by atoms with Crippen LogP contribution in [0.5, 0.6) is 0 Å². The first-order valence-electron chi connectivity index (χ1n) is 4.34. The molecule has 0 unspecified atom stereocenters. The standard InChI is InChI=1S/C11H17N/c1-7-5-11(6-12)10(4)9(3)8(7)2/h5H,6,12H2,1-4H3. The number of rotatable bonds is 1. The van der Waals surface area contributed by atoms with Crippen molar-refractivity contribution < 1.29 is 0 Å². The fourth-order valence-electron chi connectivity index (χ4n) is 1.51. The molecule has 0 saturated carbocycles. The van der Waals surface area contributed by atoms with Crippen LogP contribution in [0.3, 0.4) is 0 Å². The summed E-state index contributed by atoms with van der Waals surface area (Å²) in [4.78, 5) is 0. The van der Waals surface area contributed by atoms with Crippen molar-refractivity contribution in [2.24, 2.45) is 5.73 Å². The van der Waals surface area contributed by atoms with E-state index in [0.717, 1.165) is 0 Å². The molecule has 0 bridgehead atoms. The predicted octanol–water partition coefficient (Wildman–Crippen LogP) is 2.38. The summed E-state index contributed by atoms with van der Waals surface area (Å²) in [6, 6.07) is 2.19. The molecule has 0 spiro atoms. The summed E-state index contributed by atoms with van der Waals surface area (Å²) in [6.45, 7) is 9.26. The maximum Gasteiger partial charge on any atom is 0.0180 e. The lowest BCUT2D eigenvalue weighted by Gasteiger charge is -2.12. The van der Waals surface area contributed by atoms with E-state index in [1.54, 1.807) is 0 Å². The molecule has 1 aromatic rings. The van der Waals surface area contributed by atoms with Crippen molar-refractivity contribution >= 4 is 0 Å². The van der Waals surface area contributed by atoms with E-state index in [0.29, 0.717) is 6.54 Å². The molecule has 0 atom stereocenters. The van der Waals surface area contributed by atoms with Crippen LogP contribution in [0, 0.1) is 27.7 Å². The molecular weight excluding hydrogens is 146 g/mol. The monoisotopic (exact) mass is 163 g/mol. The third-order valence-corrected chi connectivity index (χ3v) is 2.81. The van der Waals surface area contributed by atoms with Gasteiger partial charge in [-0.3, -0.25) is 0 Å². The lowest BCUT2D eigenvalue weighted by molar-refractivity contribution is 1.02. The van der Waals surface area contributed by atoms with E-state index in [9.17, 15) is 0 Å². The van der Waals surface area contributed by atoms with Crippen molar-refractivity contribution in [1.82, 2.24) is 0 Å². The Morgan fingerprint density at radius 1 is 1.00 bits per heavy atom. The van der Waals surface area contributed by atoms with Crippen LogP contribution in [0.15, 0.2) is 6.07 Å². The van der Waals surface area contributed by atoms with Crippen LogP contribution in [-0.2, 0) is 6.54 Å². The van der Waals surface area contributed by atoms with Crippen LogP contribution < -0.4 is 5.73 Å². The zero-order valence-corrected chi connectivity index (χ0v) is 8.36. The molecule has 1 heteroatoms. The van der Waals surface area contributed by atoms with Gasteiger partial charge in [-0.2, -0.15) is 0 Å². The summed E-state index contributed by atoms with van der Waals surface area (Å²) in [5.41, 5.74) is 12.4. The van der Waals surface area contributed by atoms with E-state index in [-0.39, 0.29) is 0 Å². The van der Waals surface area contributed by atoms with Gasteiger partial charge in [-0.25, -0.2) is 0 Å². The maximum atomic E-state index is 5.64. The van der Waals surface area contributed by atoms with Gasteiger partial charge in [0, 0.05) is 6.54 Å². The van der Waals surface area contributed by atoms with E-state index < -0.39 is 0 Å². The van der Waals surface area contributed by atoms with Gasteiger partial charge in [-0.1, -0.05) is 6.07 Å². The lowest BCUT2D eigenvalue weighted by atomic mass is 9.95. The summed E-state index contributed by atoms with van der Waals surface area (Å²) in [6.07, 6.45) is 0. The first-order chi connectivity index (χ1) is 5.57. The summed E-state index contributed by atoms with van der Waals surface area (Å²) in [5.74, 6) is 0. The van der Waals surface area contributed by atoms with Gasteiger partial charge in [0.1, 0.15) is 0 Å². The van der Waals surface area contributed by atoms with E-state index in [1.807, 2.05) is 0 Å². The Morgan fingerprint density at radius 2 is 1.58 bits per heavy atom. The highest BCUT2D eigenvalue weighted by Gasteiger charge is 2.04. The van der Waals surface area contributed by atoms with Gasteiger partial charge in [-0.05, 0) is 55.5 Å². The molecule has 0 heterocycles. The van der Waals surface area contributed by atoms with Crippen LogP contribution in [0.1, 0.15) is 27.8 Å². The zero-order chi connectivity index (χ0) is 9.30. The maximum absolute atomic E-state index is 5.64. The Balaban J connectivity index is 3.39. The fourth-order valence-corrected chi connectivity index (χ4v) is 1.51. The normalized spacial score (nSPS) is 10.4. The minimum absolute atomic E-state index is 0.647. The SMILES string of the molecule is Cc1cc(CN)c(C)c(C)c1C. The number of hydrogen-bond acceptors (Lipinski definition) is 1. The van der Waals surface area contributed by atoms with Crippen molar-refractivity contribution in [2.45, 2.75) is 34.2 Å². The molecule has 1 rings (SSSR count). The van der Waals surface area contributed by atoms with E-state index in [2.05, 4.69) is 33.8 Å². The molecule has 1 aromatic carbocycles. The molecule has 0 fully saturated rings. The molecule has 0 aromatic heterocycles. The van der Waals surface area contributed by atoms with Gasteiger partial charge in [-0.15, -0.1) is 0 Å². The fraction of sp³-hybridized carbons (Fsp3) is 0.455. The Labute approximate surface area is 74.6 Å². The largest absolute Gasteiger partial charge is 0.326 e. The van der Waals surface area contributed by atoms with Crippen molar-refractivity contribution in [3.05, 3.63) is 33.9 Å². The molecule has 0 amide bonds. The van der Waals surface area contributed by atoms with E-state index in [4.69, 9.17) is 5.73 Å². The average molecular weight is 163 g/mol. The minimum atomic E-state index is 0.647. The lowest BCUT2D eigenvalue weighted by Crippen LogP contribution is -2.03. The molecular formula is C11H17N. The number of benzene rings is 1. The Bertz CT molecular complexity index is 300. The third-order valence-electron chi connectivity index (χ3n) is 2.81. The second kappa shape index (κ2) is 3.28. The Hall–Kier alpha value is -0.820. The Morgan fingerprint density at radius 3 is 2.08 bits per heavy atom. The van der Waals surface area contributed by atoms with Crippen LogP contribution >= 0.6 is 0 Å². The third kappa shape index (κ3) is 1.37. The molecule has 1 nitrogen and oxygen atoms in total. The molecule has 66 valence electrons. The highest BCUT2D eigenvalue weighted by Crippen LogP contribution is 2.20. The van der Waals surface area contributed by atoms with Gasteiger partial charge in [0.25, 0.3) is 0 Å². The number of hydrogen-bond donors (Lipinski definition) is 1. The zero-order valence-electron chi connectivity index (χ0n) is 8.36. The molecule has 0 radical (unpaired) electrons. The molecule has 0 aliphatic rings.